The second-order valence-corrected chi connectivity index (χ2v) is 4.19. The Hall–Kier alpha value is -0.530. The third-order valence-corrected chi connectivity index (χ3v) is 3.13. The van der Waals surface area contributed by atoms with Crippen molar-refractivity contribution in [1.29, 1.82) is 0 Å². The van der Waals surface area contributed by atoms with Gasteiger partial charge in [0, 0.05) is 11.1 Å². The van der Waals surface area contributed by atoms with Gasteiger partial charge in [0.2, 0.25) is 0 Å². The van der Waals surface area contributed by atoms with Crippen molar-refractivity contribution < 1.29 is 0 Å². The Morgan fingerprint density at radius 2 is 2.15 bits per heavy atom. The molecular weight excluding hydrogens is 182 g/mol. The second-order valence-electron chi connectivity index (χ2n) is 3.75. The fourth-order valence-electron chi connectivity index (χ4n) is 2.17. The third kappa shape index (κ3) is 1.47. The summed E-state index contributed by atoms with van der Waals surface area (Å²) in [7, 11) is 2.01. The molecule has 0 amide bonds. The molecule has 1 nitrogen and oxygen atoms in total. The van der Waals surface area contributed by atoms with Crippen molar-refractivity contribution >= 4 is 11.6 Å². The molecule has 70 valence electrons. The Balaban J connectivity index is 2.46. The van der Waals surface area contributed by atoms with Gasteiger partial charge in [-0.15, -0.1) is 0 Å². The summed E-state index contributed by atoms with van der Waals surface area (Å²) in [6.07, 6.45) is 1.19. The minimum atomic E-state index is 0.516. The van der Waals surface area contributed by atoms with Crippen LogP contribution in [0.15, 0.2) is 18.2 Å². The highest BCUT2D eigenvalue weighted by Crippen LogP contribution is 2.40. The predicted octanol–water partition coefficient (Wildman–Crippen LogP) is 3.11. The molecular formula is C11H14ClN. The van der Waals surface area contributed by atoms with Crippen LogP contribution in [0.2, 0.25) is 5.02 Å². The molecule has 0 saturated carbocycles. The standard InChI is InChI=1S/C11H14ClN/c1-7-5-11(13-2)9-4-3-8(12)6-10(7)9/h3-4,6-7,11,13H,5H2,1-2H3. The first-order valence-electron chi connectivity index (χ1n) is 4.69. The summed E-state index contributed by atoms with van der Waals surface area (Å²) in [6, 6.07) is 6.73. The third-order valence-electron chi connectivity index (χ3n) is 2.89. The van der Waals surface area contributed by atoms with Crippen LogP contribution in [0.4, 0.5) is 0 Å². The van der Waals surface area contributed by atoms with Crippen LogP contribution in [0.1, 0.15) is 36.4 Å². The zero-order valence-electron chi connectivity index (χ0n) is 7.97. The fraction of sp³-hybridized carbons (Fsp3) is 0.455. The average molecular weight is 196 g/mol. The summed E-state index contributed by atoms with van der Waals surface area (Å²) >= 11 is 5.96. The van der Waals surface area contributed by atoms with Crippen LogP contribution < -0.4 is 5.32 Å². The van der Waals surface area contributed by atoms with Gasteiger partial charge in [-0.2, -0.15) is 0 Å². The van der Waals surface area contributed by atoms with E-state index in [0.29, 0.717) is 12.0 Å². The maximum Gasteiger partial charge on any atom is 0.0409 e. The van der Waals surface area contributed by atoms with Gasteiger partial charge in [-0.3, -0.25) is 0 Å². The topological polar surface area (TPSA) is 12.0 Å². The molecule has 0 fully saturated rings. The molecule has 1 aromatic carbocycles. The first-order chi connectivity index (χ1) is 6.22. The molecule has 0 aromatic heterocycles. The minimum Gasteiger partial charge on any atom is -0.313 e. The van der Waals surface area contributed by atoms with Crippen LogP contribution in [0.5, 0.6) is 0 Å². The van der Waals surface area contributed by atoms with Crippen molar-refractivity contribution in [2.75, 3.05) is 7.05 Å². The SMILES string of the molecule is CNC1CC(C)c2cc(Cl)ccc21. The van der Waals surface area contributed by atoms with Gasteiger partial charge in [0.25, 0.3) is 0 Å². The van der Waals surface area contributed by atoms with Crippen LogP contribution >= 0.6 is 11.6 Å². The number of halogens is 1. The van der Waals surface area contributed by atoms with Crippen molar-refractivity contribution in [2.45, 2.75) is 25.3 Å². The highest BCUT2D eigenvalue weighted by molar-refractivity contribution is 6.30. The van der Waals surface area contributed by atoms with Gasteiger partial charge >= 0.3 is 0 Å². The number of rotatable bonds is 1. The fourth-order valence-corrected chi connectivity index (χ4v) is 2.35. The molecule has 1 aromatic rings. The number of fused-ring (bicyclic) bond motifs is 1. The molecule has 13 heavy (non-hydrogen) atoms. The Kier molecular flexibility index (Phi) is 2.31. The lowest BCUT2D eigenvalue weighted by atomic mass is 10.0. The largest absolute Gasteiger partial charge is 0.313 e. The molecule has 1 aliphatic rings. The molecule has 2 rings (SSSR count). The van der Waals surface area contributed by atoms with E-state index in [-0.39, 0.29) is 0 Å². The van der Waals surface area contributed by atoms with E-state index in [1.165, 1.54) is 17.5 Å². The molecule has 0 aliphatic heterocycles. The molecule has 1 aliphatic carbocycles. The lowest BCUT2D eigenvalue weighted by Crippen LogP contribution is -2.12. The number of benzene rings is 1. The Morgan fingerprint density at radius 3 is 2.85 bits per heavy atom. The van der Waals surface area contributed by atoms with Gasteiger partial charge in [-0.1, -0.05) is 24.6 Å². The molecule has 1 N–H and O–H groups in total. The van der Waals surface area contributed by atoms with Gasteiger partial charge in [0.1, 0.15) is 0 Å². The molecule has 0 saturated heterocycles. The smallest absolute Gasteiger partial charge is 0.0409 e. The van der Waals surface area contributed by atoms with E-state index < -0.39 is 0 Å². The summed E-state index contributed by atoms with van der Waals surface area (Å²) in [5.74, 6) is 0.631. The zero-order valence-corrected chi connectivity index (χ0v) is 8.73. The molecule has 2 heteroatoms. The first-order valence-corrected chi connectivity index (χ1v) is 5.06. The molecule has 0 bridgehead atoms. The molecule has 0 spiro atoms. The van der Waals surface area contributed by atoms with E-state index in [1.54, 1.807) is 0 Å². The molecule has 2 unspecified atom stereocenters. The van der Waals surface area contributed by atoms with Gasteiger partial charge in [0.05, 0.1) is 0 Å². The summed E-state index contributed by atoms with van der Waals surface area (Å²) in [5, 5.41) is 4.18. The van der Waals surface area contributed by atoms with E-state index >= 15 is 0 Å². The van der Waals surface area contributed by atoms with Gasteiger partial charge in [-0.05, 0) is 42.6 Å². The van der Waals surface area contributed by atoms with E-state index in [4.69, 9.17) is 11.6 Å². The van der Waals surface area contributed by atoms with Crippen LogP contribution in [0.25, 0.3) is 0 Å². The number of hydrogen-bond donors (Lipinski definition) is 1. The van der Waals surface area contributed by atoms with E-state index in [2.05, 4.69) is 24.4 Å². The van der Waals surface area contributed by atoms with E-state index in [9.17, 15) is 0 Å². The minimum absolute atomic E-state index is 0.516. The van der Waals surface area contributed by atoms with Crippen molar-refractivity contribution in [2.24, 2.45) is 0 Å². The lowest BCUT2D eigenvalue weighted by molar-refractivity contribution is 0.553. The average Bonchev–Trinajstić information content (AvgIpc) is 2.43. The van der Waals surface area contributed by atoms with Gasteiger partial charge < -0.3 is 5.32 Å². The first kappa shape index (κ1) is 9.04. The van der Waals surface area contributed by atoms with Crippen LogP contribution in [0.3, 0.4) is 0 Å². The highest BCUT2D eigenvalue weighted by Gasteiger charge is 2.26. The van der Waals surface area contributed by atoms with Crippen LogP contribution in [-0.2, 0) is 0 Å². The summed E-state index contributed by atoms with van der Waals surface area (Å²) in [6.45, 7) is 2.26. The zero-order chi connectivity index (χ0) is 9.42. The summed E-state index contributed by atoms with van der Waals surface area (Å²) in [4.78, 5) is 0. The van der Waals surface area contributed by atoms with Crippen molar-refractivity contribution in [3.05, 3.63) is 34.3 Å². The van der Waals surface area contributed by atoms with Gasteiger partial charge in [-0.25, -0.2) is 0 Å². The van der Waals surface area contributed by atoms with Crippen molar-refractivity contribution in [3.63, 3.8) is 0 Å². The second kappa shape index (κ2) is 3.32. The number of hydrogen-bond acceptors (Lipinski definition) is 1. The molecule has 0 heterocycles. The van der Waals surface area contributed by atoms with Gasteiger partial charge in [0.15, 0.2) is 0 Å². The lowest BCUT2D eigenvalue weighted by Gasteiger charge is -2.09. The highest BCUT2D eigenvalue weighted by atomic mass is 35.5. The summed E-state index contributed by atoms with van der Waals surface area (Å²) in [5.41, 5.74) is 2.83. The predicted molar refractivity (Wildman–Crippen MR) is 56.3 cm³/mol. The monoisotopic (exact) mass is 195 g/mol. The maximum atomic E-state index is 5.96. The molecule has 0 radical (unpaired) electrons. The molecule has 2 atom stereocenters. The van der Waals surface area contributed by atoms with Crippen molar-refractivity contribution in [1.82, 2.24) is 5.32 Å². The number of nitrogens with one attached hydrogen (secondary N) is 1. The summed E-state index contributed by atoms with van der Waals surface area (Å²) < 4.78 is 0. The Bertz CT molecular complexity index is 322. The van der Waals surface area contributed by atoms with Crippen LogP contribution in [0, 0.1) is 0 Å². The quantitative estimate of drug-likeness (QED) is 0.726. The normalized spacial score (nSPS) is 26.1. The van der Waals surface area contributed by atoms with Crippen molar-refractivity contribution in [3.8, 4) is 0 Å². The van der Waals surface area contributed by atoms with Crippen LogP contribution in [-0.4, -0.2) is 7.05 Å². The Morgan fingerprint density at radius 1 is 1.38 bits per heavy atom. The van der Waals surface area contributed by atoms with E-state index in [0.717, 1.165) is 5.02 Å². The van der Waals surface area contributed by atoms with E-state index in [1.807, 2.05) is 13.1 Å². The Labute approximate surface area is 84.1 Å². The maximum absolute atomic E-state index is 5.96.